The van der Waals surface area contributed by atoms with Gasteiger partial charge in [0.05, 0.1) is 0 Å². The number of hydrogen-bond donors (Lipinski definition) is 1. The monoisotopic (exact) mass is 172 g/mol. The summed E-state index contributed by atoms with van der Waals surface area (Å²) in [6.07, 6.45) is 4.05. The van der Waals surface area contributed by atoms with Crippen LogP contribution in [-0.2, 0) is 0 Å². The molecule has 1 aromatic carbocycles. The molecule has 2 aromatic rings. The number of nitrogens with zero attached hydrogens (tertiary/aromatic N) is 1. The van der Waals surface area contributed by atoms with Crippen LogP contribution < -0.4 is 5.73 Å². The molecule has 0 radical (unpaired) electrons. The molecule has 13 heavy (non-hydrogen) atoms. The molecule has 0 atom stereocenters. The third-order valence-corrected chi connectivity index (χ3v) is 2.10. The van der Waals surface area contributed by atoms with Crippen molar-refractivity contribution in [2.75, 3.05) is 5.73 Å². The maximum Gasteiger partial charge on any atom is 0.0480 e. The second-order valence-electron chi connectivity index (χ2n) is 3.14. The van der Waals surface area contributed by atoms with Gasteiger partial charge in [0.1, 0.15) is 0 Å². The van der Waals surface area contributed by atoms with Crippen molar-refractivity contribution in [1.29, 1.82) is 0 Å². The summed E-state index contributed by atoms with van der Waals surface area (Å²) >= 11 is 0. The minimum Gasteiger partial charge on any atom is -0.399 e. The highest BCUT2D eigenvalue weighted by Crippen LogP contribution is 2.16. The van der Waals surface area contributed by atoms with Gasteiger partial charge in [0.25, 0.3) is 0 Å². The topological polar surface area (TPSA) is 30.9 Å². The third-order valence-electron chi connectivity index (χ3n) is 2.10. The van der Waals surface area contributed by atoms with Crippen LogP contribution in [0.3, 0.4) is 0 Å². The molecule has 2 N–H and O–H groups in total. The van der Waals surface area contributed by atoms with Crippen molar-refractivity contribution in [2.24, 2.45) is 0 Å². The molecule has 1 heterocycles. The molecule has 2 nitrogen and oxygen atoms in total. The molecule has 1 aromatic heterocycles. The molecule has 2 heteroatoms. The Bertz CT molecular complexity index is 402. The predicted molar refractivity (Wildman–Crippen MR) is 54.9 cm³/mol. The number of rotatable bonds is 1. The lowest BCUT2D eigenvalue weighted by Crippen LogP contribution is -1.94. The van der Waals surface area contributed by atoms with E-state index in [1.165, 1.54) is 11.3 Å². The zero-order chi connectivity index (χ0) is 9.26. The fraction of sp³-hybridized carbons (Fsp3) is 0.0909. The molecular formula is C11H12N2. The van der Waals surface area contributed by atoms with Crippen molar-refractivity contribution < 1.29 is 0 Å². The van der Waals surface area contributed by atoms with Gasteiger partial charge in [-0.15, -0.1) is 0 Å². The lowest BCUT2D eigenvalue weighted by atomic mass is 10.2. The van der Waals surface area contributed by atoms with E-state index in [4.69, 9.17) is 5.73 Å². The smallest absolute Gasteiger partial charge is 0.0480 e. The van der Waals surface area contributed by atoms with Crippen LogP contribution in [0.1, 0.15) is 5.56 Å². The van der Waals surface area contributed by atoms with Crippen LogP contribution in [0, 0.1) is 6.92 Å². The van der Waals surface area contributed by atoms with E-state index >= 15 is 0 Å². The molecule has 0 saturated carbocycles. The Morgan fingerprint density at radius 3 is 2.46 bits per heavy atom. The molecule has 0 unspecified atom stereocenters. The molecule has 0 amide bonds. The van der Waals surface area contributed by atoms with Crippen LogP contribution in [0.25, 0.3) is 5.69 Å². The van der Waals surface area contributed by atoms with E-state index in [1.54, 1.807) is 0 Å². The van der Waals surface area contributed by atoms with E-state index in [0.29, 0.717) is 0 Å². The van der Waals surface area contributed by atoms with Crippen LogP contribution in [0.5, 0.6) is 0 Å². The van der Waals surface area contributed by atoms with Crippen molar-refractivity contribution in [3.8, 4) is 5.69 Å². The van der Waals surface area contributed by atoms with Crippen molar-refractivity contribution in [1.82, 2.24) is 4.57 Å². The van der Waals surface area contributed by atoms with Crippen molar-refractivity contribution in [3.05, 3.63) is 48.3 Å². The molecule has 0 bridgehead atoms. The Morgan fingerprint density at radius 1 is 1.15 bits per heavy atom. The summed E-state index contributed by atoms with van der Waals surface area (Å²) in [7, 11) is 0. The number of hydrogen-bond acceptors (Lipinski definition) is 1. The summed E-state index contributed by atoms with van der Waals surface area (Å²) in [6, 6.07) is 9.95. The normalized spacial score (nSPS) is 10.2. The maximum atomic E-state index is 5.67. The standard InChI is InChI=1S/C11H12N2/c1-9-8-10(12)4-5-11(9)13-6-2-3-7-13/h2-8H,12H2,1H3. The molecular weight excluding hydrogens is 160 g/mol. The number of aryl methyl sites for hydroxylation is 1. The summed E-state index contributed by atoms with van der Waals surface area (Å²) in [5, 5.41) is 0. The summed E-state index contributed by atoms with van der Waals surface area (Å²) in [5.41, 5.74) is 8.86. The highest BCUT2D eigenvalue weighted by atomic mass is 14.9. The van der Waals surface area contributed by atoms with Gasteiger partial charge >= 0.3 is 0 Å². The van der Waals surface area contributed by atoms with Gasteiger partial charge in [-0.2, -0.15) is 0 Å². The van der Waals surface area contributed by atoms with Gasteiger partial charge in [-0.05, 0) is 42.8 Å². The molecule has 0 spiro atoms. The molecule has 66 valence electrons. The van der Waals surface area contributed by atoms with Gasteiger partial charge in [-0.1, -0.05) is 0 Å². The summed E-state index contributed by atoms with van der Waals surface area (Å²) < 4.78 is 2.08. The van der Waals surface area contributed by atoms with E-state index in [0.717, 1.165) is 5.69 Å². The largest absolute Gasteiger partial charge is 0.399 e. The zero-order valence-corrected chi connectivity index (χ0v) is 7.57. The van der Waals surface area contributed by atoms with Crippen LogP contribution in [0.2, 0.25) is 0 Å². The number of nitrogens with two attached hydrogens (primary N) is 1. The quantitative estimate of drug-likeness (QED) is 0.658. The minimum absolute atomic E-state index is 0.813. The summed E-state index contributed by atoms with van der Waals surface area (Å²) in [6.45, 7) is 2.06. The SMILES string of the molecule is Cc1cc(N)ccc1-n1cccc1. The fourth-order valence-electron chi connectivity index (χ4n) is 1.46. The third kappa shape index (κ3) is 1.43. The first-order valence-electron chi connectivity index (χ1n) is 4.27. The minimum atomic E-state index is 0.813. The van der Waals surface area contributed by atoms with Crippen LogP contribution >= 0.6 is 0 Å². The van der Waals surface area contributed by atoms with E-state index < -0.39 is 0 Å². The molecule has 0 aliphatic heterocycles. The van der Waals surface area contributed by atoms with Gasteiger partial charge < -0.3 is 10.3 Å². The van der Waals surface area contributed by atoms with Crippen molar-refractivity contribution >= 4 is 5.69 Å². The summed E-state index contributed by atoms with van der Waals surface area (Å²) in [5.74, 6) is 0. The first-order chi connectivity index (χ1) is 6.27. The van der Waals surface area contributed by atoms with Crippen molar-refractivity contribution in [2.45, 2.75) is 6.92 Å². The van der Waals surface area contributed by atoms with Crippen LogP contribution in [-0.4, -0.2) is 4.57 Å². The van der Waals surface area contributed by atoms with Crippen LogP contribution in [0.4, 0.5) is 5.69 Å². The Kier molecular flexibility index (Phi) is 1.81. The number of benzene rings is 1. The van der Waals surface area contributed by atoms with E-state index in [-0.39, 0.29) is 0 Å². The Hall–Kier alpha value is -1.70. The first-order valence-corrected chi connectivity index (χ1v) is 4.27. The Labute approximate surface area is 77.6 Å². The highest BCUT2D eigenvalue weighted by molar-refractivity contribution is 5.51. The van der Waals surface area contributed by atoms with Gasteiger partial charge in [0.2, 0.25) is 0 Å². The van der Waals surface area contributed by atoms with Gasteiger partial charge in [-0.25, -0.2) is 0 Å². The predicted octanol–water partition coefficient (Wildman–Crippen LogP) is 2.37. The molecule has 0 aliphatic rings. The Morgan fingerprint density at radius 2 is 1.85 bits per heavy atom. The van der Waals surface area contributed by atoms with E-state index in [9.17, 15) is 0 Å². The molecule has 0 aliphatic carbocycles. The van der Waals surface area contributed by atoms with Crippen LogP contribution in [0.15, 0.2) is 42.7 Å². The summed E-state index contributed by atoms with van der Waals surface area (Å²) in [4.78, 5) is 0. The molecule has 0 fully saturated rings. The second kappa shape index (κ2) is 2.98. The zero-order valence-electron chi connectivity index (χ0n) is 7.57. The lowest BCUT2D eigenvalue weighted by molar-refractivity contribution is 1.06. The number of anilines is 1. The maximum absolute atomic E-state index is 5.67. The van der Waals surface area contributed by atoms with Gasteiger partial charge in [-0.3, -0.25) is 0 Å². The Balaban J connectivity index is 2.53. The number of nitrogen functional groups attached to an aromatic ring is 1. The molecule has 2 rings (SSSR count). The average molecular weight is 172 g/mol. The van der Waals surface area contributed by atoms with Gasteiger partial charge in [0, 0.05) is 23.8 Å². The van der Waals surface area contributed by atoms with Gasteiger partial charge in [0.15, 0.2) is 0 Å². The van der Waals surface area contributed by atoms with Crippen molar-refractivity contribution in [3.63, 3.8) is 0 Å². The first kappa shape index (κ1) is 7.92. The van der Waals surface area contributed by atoms with E-state index in [2.05, 4.69) is 11.5 Å². The molecule has 0 saturated heterocycles. The number of aromatic nitrogens is 1. The highest BCUT2D eigenvalue weighted by Gasteiger charge is 1.98. The second-order valence-corrected chi connectivity index (χ2v) is 3.14. The van der Waals surface area contributed by atoms with E-state index in [1.807, 2.05) is 42.7 Å². The fourth-order valence-corrected chi connectivity index (χ4v) is 1.46. The average Bonchev–Trinajstić information content (AvgIpc) is 2.56. The lowest BCUT2D eigenvalue weighted by Gasteiger charge is -2.07.